The van der Waals surface area contributed by atoms with E-state index in [2.05, 4.69) is 31.9 Å². The first-order valence-corrected chi connectivity index (χ1v) is 8.12. The lowest BCUT2D eigenvalue weighted by atomic mass is 9.93. The lowest BCUT2D eigenvalue weighted by Crippen LogP contribution is -2.26. The van der Waals surface area contributed by atoms with Gasteiger partial charge in [0, 0.05) is 10.0 Å². The van der Waals surface area contributed by atoms with Gasteiger partial charge in [0.2, 0.25) is 5.78 Å². The summed E-state index contributed by atoms with van der Waals surface area (Å²) in [4.78, 5) is 25.0. The number of Topliss-reactive ketones (excluding diaryl/α,β-unsaturated/α-hetero) is 1. The van der Waals surface area contributed by atoms with E-state index in [4.69, 9.17) is 9.15 Å². The monoisotopic (exact) mass is 440 g/mol. The number of furan rings is 1. The summed E-state index contributed by atoms with van der Waals surface area (Å²) in [5.41, 5.74) is 0.584. The average molecular weight is 442 g/mol. The van der Waals surface area contributed by atoms with Crippen molar-refractivity contribution in [3.8, 4) is 5.75 Å². The Bertz CT molecular complexity index is 833. The molecule has 0 saturated heterocycles. The van der Waals surface area contributed by atoms with E-state index >= 15 is 0 Å². The SMILES string of the molecule is COc1ccc(C(=O)c2coc3c2C(=O)C(O)C(Br)=C3Br)cc1. The van der Waals surface area contributed by atoms with Gasteiger partial charge in [0.1, 0.15) is 18.1 Å². The van der Waals surface area contributed by atoms with E-state index in [0.717, 1.165) is 0 Å². The number of carbonyl (C=O) groups is 2. The molecule has 1 aromatic carbocycles. The van der Waals surface area contributed by atoms with Crippen molar-refractivity contribution in [1.82, 2.24) is 0 Å². The molecule has 23 heavy (non-hydrogen) atoms. The smallest absolute Gasteiger partial charge is 0.201 e. The minimum Gasteiger partial charge on any atom is -0.497 e. The maximum atomic E-state index is 12.6. The van der Waals surface area contributed by atoms with Crippen LogP contribution in [-0.4, -0.2) is 29.9 Å². The molecule has 1 N–H and O–H groups in total. The molecule has 5 nitrogen and oxygen atoms in total. The van der Waals surface area contributed by atoms with Crippen LogP contribution in [0.5, 0.6) is 5.75 Å². The third-order valence-electron chi connectivity index (χ3n) is 3.53. The van der Waals surface area contributed by atoms with Crippen LogP contribution < -0.4 is 4.74 Å². The molecule has 0 fully saturated rings. The summed E-state index contributed by atoms with van der Waals surface area (Å²) in [6, 6.07) is 6.52. The fraction of sp³-hybridized carbons (Fsp3) is 0.125. The molecule has 0 radical (unpaired) electrons. The Morgan fingerprint density at radius 1 is 1.26 bits per heavy atom. The summed E-state index contributed by atoms with van der Waals surface area (Å²) in [6.45, 7) is 0. The number of hydrogen-bond donors (Lipinski definition) is 1. The minimum absolute atomic E-state index is 0.0772. The Morgan fingerprint density at radius 3 is 2.52 bits per heavy atom. The molecule has 0 aliphatic heterocycles. The Labute approximate surface area is 148 Å². The summed E-state index contributed by atoms with van der Waals surface area (Å²) in [6.07, 6.45) is -0.133. The number of methoxy groups -OCH3 is 1. The highest BCUT2D eigenvalue weighted by atomic mass is 79.9. The van der Waals surface area contributed by atoms with Gasteiger partial charge >= 0.3 is 0 Å². The van der Waals surface area contributed by atoms with Crippen LogP contribution in [0.25, 0.3) is 4.48 Å². The first kappa shape index (κ1) is 16.2. The molecule has 118 valence electrons. The summed E-state index contributed by atoms with van der Waals surface area (Å²) < 4.78 is 11.1. The number of hydrogen-bond acceptors (Lipinski definition) is 5. The average Bonchev–Trinajstić information content (AvgIpc) is 3.02. The van der Waals surface area contributed by atoms with Crippen LogP contribution >= 0.6 is 31.9 Å². The van der Waals surface area contributed by atoms with Crippen LogP contribution in [0.1, 0.15) is 32.0 Å². The highest BCUT2D eigenvalue weighted by Gasteiger charge is 2.37. The van der Waals surface area contributed by atoms with Crippen LogP contribution in [0, 0.1) is 0 Å². The number of aliphatic hydroxyl groups excluding tert-OH is 1. The van der Waals surface area contributed by atoms with Gasteiger partial charge in [-0.05, 0) is 40.2 Å². The third kappa shape index (κ3) is 2.58. The molecule has 0 amide bonds. The molecule has 0 bridgehead atoms. The molecule has 1 aliphatic rings. The Morgan fingerprint density at radius 2 is 1.91 bits per heavy atom. The van der Waals surface area contributed by atoms with E-state index in [-0.39, 0.29) is 27.2 Å². The Kier molecular flexibility index (Phi) is 4.27. The molecule has 1 aliphatic carbocycles. The fourth-order valence-electron chi connectivity index (χ4n) is 2.31. The first-order valence-electron chi connectivity index (χ1n) is 6.53. The van der Waals surface area contributed by atoms with Crippen molar-refractivity contribution in [3.63, 3.8) is 0 Å². The van der Waals surface area contributed by atoms with Crippen LogP contribution in [0.2, 0.25) is 0 Å². The van der Waals surface area contributed by atoms with Gasteiger partial charge in [-0.1, -0.05) is 15.9 Å². The van der Waals surface area contributed by atoms with E-state index in [1.54, 1.807) is 24.3 Å². The van der Waals surface area contributed by atoms with Crippen LogP contribution in [-0.2, 0) is 0 Å². The molecular weight excluding hydrogens is 432 g/mol. The number of halogens is 2. The number of fused-ring (bicyclic) bond motifs is 1. The lowest BCUT2D eigenvalue weighted by Gasteiger charge is -2.17. The van der Waals surface area contributed by atoms with Crippen LogP contribution in [0.4, 0.5) is 0 Å². The molecule has 1 heterocycles. The molecule has 1 unspecified atom stereocenters. The number of ether oxygens (including phenoxy) is 1. The molecule has 7 heteroatoms. The second-order valence-electron chi connectivity index (χ2n) is 4.84. The van der Waals surface area contributed by atoms with E-state index < -0.39 is 11.9 Å². The summed E-state index contributed by atoms with van der Waals surface area (Å²) in [5.74, 6) is -0.0990. The quantitative estimate of drug-likeness (QED) is 0.737. The van der Waals surface area contributed by atoms with Gasteiger partial charge in [-0.25, -0.2) is 0 Å². The zero-order valence-electron chi connectivity index (χ0n) is 11.8. The van der Waals surface area contributed by atoms with Crippen LogP contribution in [0.15, 0.2) is 39.4 Å². The number of rotatable bonds is 3. The standard InChI is InChI=1S/C16H10Br2O5/c1-22-8-4-2-7(3-5-8)13(19)9-6-23-16-10(9)14(20)15(21)11(17)12(16)18/h2-6,15,21H,1H3. The summed E-state index contributed by atoms with van der Waals surface area (Å²) in [7, 11) is 1.53. The van der Waals surface area contributed by atoms with Gasteiger partial charge in [-0.2, -0.15) is 0 Å². The van der Waals surface area contributed by atoms with Gasteiger partial charge in [-0.3, -0.25) is 9.59 Å². The molecule has 1 aromatic heterocycles. The van der Waals surface area contributed by atoms with Crippen LogP contribution in [0.3, 0.4) is 0 Å². The topological polar surface area (TPSA) is 76.7 Å². The predicted octanol–water partition coefficient (Wildman–Crippen LogP) is 3.53. The maximum Gasteiger partial charge on any atom is 0.201 e. The largest absolute Gasteiger partial charge is 0.497 e. The van der Waals surface area contributed by atoms with Crippen molar-refractivity contribution in [2.24, 2.45) is 0 Å². The molecule has 3 rings (SSSR count). The second-order valence-corrected chi connectivity index (χ2v) is 6.49. The van der Waals surface area contributed by atoms with E-state index in [0.29, 0.717) is 15.8 Å². The van der Waals surface area contributed by atoms with Crippen molar-refractivity contribution in [2.75, 3.05) is 7.11 Å². The molecule has 1 atom stereocenters. The number of benzene rings is 1. The van der Waals surface area contributed by atoms with E-state index in [9.17, 15) is 14.7 Å². The molecular formula is C16H10Br2O5. The molecule has 2 aromatic rings. The van der Waals surface area contributed by atoms with Gasteiger partial charge in [0.25, 0.3) is 0 Å². The number of carbonyl (C=O) groups excluding carboxylic acids is 2. The van der Waals surface area contributed by atoms with Crippen molar-refractivity contribution >= 4 is 47.9 Å². The third-order valence-corrected chi connectivity index (χ3v) is 5.68. The van der Waals surface area contributed by atoms with Gasteiger partial charge < -0.3 is 14.3 Å². The van der Waals surface area contributed by atoms with Crippen molar-refractivity contribution in [3.05, 3.63) is 57.5 Å². The highest BCUT2D eigenvalue weighted by Crippen LogP contribution is 2.41. The van der Waals surface area contributed by atoms with Crippen molar-refractivity contribution in [2.45, 2.75) is 6.10 Å². The van der Waals surface area contributed by atoms with Gasteiger partial charge in [-0.15, -0.1) is 0 Å². The Hall–Kier alpha value is -1.70. The number of ketones is 2. The van der Waals surface area contributed by atoms with Crippen molar-refractivity contribution in [1.29, 1.82) is 0 Å². The lowest BCUT2D eigenvalue weighted by molar-refractivity contribution is 0.0808. The minimum atomic E-state index is -1.36. The highest BCUT2D eigenvalue weighted by molar-refractivity contribution is 9.16. The number of aliphatic hydroxyl groups is 1. The zero-order valence-corrected chi connectivity index (χ0v) is 15.0. The van der Waals surface area contributed by atoms with E-state index in [1.807, 2.05) is 0 Å². The molecule has 0 spiro atoms. The second kappa shape index (κ2) is 6.07. The summed E-state index contributed by atoms with van der Waals surface area (Å²) >= 11 is 6.40. The van der Waals surface area contributed by atoms with Crippen molar-refractivity contribution < 1.29 is 23.8 Å². The first-order chi connectivity index (χ1) is 11.0. The Balaban J connectivity index is 2.07. The zero-order chi connectivity index (χ0) is 16.7. The molecule has 0 saturated carbocycles. The van der Waals surface area contributed by atoms with Gasteiger partial charge in [0.15, 0.2) is 11.5 Å². The van der Waals surface area contributed by atoms with E-state index in [1.165, 1.54) is 13.4 Å². The fourth-order valence-corrected chi connectivity index (χ4v) is 3.21. The predicted molar refractivity (Wildman–Crippen MR) is 90.2 cm³/mol. The van der Waals surface area contributed by atoms with Gasteiger partial charge in [0.05, 0.1) is 22.7 Å². The summed E-state index contributed by atoms with van der Waals surface area (Å²) in [5, 5.41) is 9.97. The maximum absolute atomic E-state index is 12.6. The normalized spacial score (nSPS) is 17.2.